The molecule has 0 fully saturated rings. The van der Waals surface area contributed by atoms with Crippen molar-refractivity contribution in [1.29, 1.82) is 0 Å². The number of hydrogen-bond donors (Lipinski definition) is 1. The summed E-state index contributed by atoms with van der Waals surface area (Å²) in [6.45, 7) is 8.46. The summed E-state index contributed by atoms with van der Waals surface area (Å²) in [5.41, 5.74) is 8.86. The van der Waals surface area contributed by atoms with Crippen LogP contribution in [0.5, 0.6) is 0 Å². The molecule has 0 spiro atoms. The van der Waals surface area contributed by atoms with Crippen molar-refractivity contribution < 1.29 is 4.74 Å². The van der Waals surface area contributed by atoms with Gasteiger partial charge in [-0.3, -0.25) is 9.25 Å². The first-order valence-corrected chi connectivity index (χ1v) is 6.79. The van der Waals surface area contributed by atoms with Crippen LogP contribution in [-0.4, -0.2) is 32.5 Å². The van der Waals surface area contributed by atoms with E-state index in [1.165, 1.54) is 0 Å². The van der Waals surface area contributed by atoms with Crippen molar-refractivity contribution >= 4 is 17.1 Å². The first kappa shape index (κ1) is 13.9. The minimum atomic E-state index is 0.533. The Morgan fingerprint density at radius 3 is 2.74 bits per heavy atom. The lowest BCUT2D eigenvalue weighted by Crippen LogP contribution is -2.13. The lowest BCUT2D eigenvalue weighted by Gasteiger charge is -2.09. The quantitative estimate of drug-likeness (QED) is 0.805. The van der Waals surface area contributed by atoms with Gasteiger partial charge in [0.05, 0.1) is 18.8 Å². The fourth-order valence-corrected chi connectivity index (χ4v) is 2.19. The second-order valence-electron chi connectivity index (χ2n) is 5.19. The molecule has 2 aromatic rings. The molecular weight excluding hydrogens is 242 g/mol. The zero-order chi connectivity index (χ0) is 14.0. The van der Waals surface area contributed by atoms with E-state index in [0.717, 1.165) is 29.9 Å². The highest BCUT2D eigenvalue weighted by Crippen LogP contribution is 2.21. The van der Waals surface area contributed by atoms with Gasteiger partial charge in [0.25, 0.3) is 0 Å². The van der Waals surface area contributed by atoms with Gasteiger partial charge >= 0.3 is 0 Å². The summed E-state index contributed by atoms with van der Waals surface area (Å²) in [5.74, 6) is 1.08. The molecule has 0 aliphatic heterocycles. The van der Waals surface area contributed by atoms with Gasteiger partial charge in [-0.05, 0) is 12.3 Å². The number of nitrogens with two attached hydrogens (primary N) is 1. The normalized spacial score (nSPS) is 11.8. The molecule has 19 heavy (non-hydrogen) atoms. The fourth-order valence-electron chi connectivity index (χ4n) is 2.19. The van der Waals surface area contributed by atoms with Crippen LogP contribution in [0.25, 0.3) is 11.2 Å². The van der Waals surface area contributed by atoms with Crippen molar-refractivity contribution in [2.75, 3.05) is 18.9 Å². The molecule has 0 amide bonds. The van der Waals surface area contributed by atoms with Gasteiger partial charge in [-0.25, -0.2) is 4.98 Å². The van der Waals surface area contributed by atoms with Gasteiger partial charge in [-0.15, -0.1) is 0 Å². The van der Waals surface area contributed by atoms with Gasteiger partial charge in [0.15, 0.2) is 5.65 Å². The van der Waals surface area contributed by atoms with E-state index >= 15 is 0 Å². The number of aryl methyl sites for hydroxylation is 2. The Morgan fingerprint density at radius 1 is 1.37 bits per heavy atom. The first-order chi connectivity index (χ1) is 9.04. The average molecular weight is 265 g/mol. The molecule has 0 unspecified atom stereocenters. The predicted octanol–water partition coefficient (Wildman–Crippen LogP) is 1.59. The molecule has 0 saturated heterocycles. The number of nitrogen functional groups attached to an aromatic ring is 1. The number of imidazole rings is 1. The molecule has 0 atom stereocenters. The Balaban J connectivity index is 2.18. The summed E-state index contributed by atoms with van der Waals surface area (Å²) in [6.07, 6.45) is 0.859. The van der Waals surface area contributed by atoms with Crippen molar-refractivity contribution in [3.8, 4) is 0 Å². The molecule has 0 aliphatic rings. The highest BCUT2D eigenvalue weighted by molar-refractivity contribution is 5.77. The van der Waals surface area contributed by atoms with Crippen molar-refractivity contribution in [1.82, 2.24) is 19.3 Å². The van der Waals surface area contributed by atoms with E-state index < -0.39 is 0 Å². The number of rotatable bonds is 6. The van der Waals surface area contributed by atoms with E-state index in [-0.39, 0.29) is 0 Å². The van der Waals surface area contributed by atoms with E-state index in [1.807, 2.05) is 16.3 Å². The molecule has 0 bridgehead atoms. The van der Waals surface area contributed by atoms with Crippen LogP contribution in [0.15, 0.2) is 0 Å². The third-order valence-electron chi connectivity index (χ3n) is 3.07. The number of aromatic nitrogens is 4. The summed E-state index contributed by atoms with van der Waals surface area (Å²) < 4.78 is 9.43. The summed E-state index contributed by atoms with van der Waals surface area (Å²) >= 11 is 0. The van der Waals surface area contributed by atoms with Crippen LogP contribution in [0.4, 0.5) is 5.95 Å². The van der Waals surface area contributed by atoms with Crippen molar-refractivity contribution in [3.63, 3.8) is 0 Å². The smallest absolute Gasteiger partial charge is 0.202 e. The molecule has 0 aliphatic carbocycles. The van der Waals surface area contributed by atoms with Crippen LogP contribution >= 0.6 is 0 Å². The molecule has 6 heteroatoms. The molecule has 2 N–H and O–H groups in total. The molecule has 6 nitrogen and oxygen atoms in total. The van der Waals surface area contributed by atoms with Gasteiger partial charge in [0.2, 0.25) is 5.95 Å². The van der Waals surface area contributed by atoms with Crippen LogP contribution in [0.2, 0.25) is 0 Å². The zero-order valence-electron chi connectivity index (χ0n) is 12.2. The third-order valence-corrected chi connectivity index (χ3v) is 3.07. The Labute approximate surface area is 113 Å². The Kier molecular flexibility index (Phi) is 4.09. The van der Waals surface area contributed by atoms with Crippen LogP contribution in [0, 0.1) is 5.92 Å². The topological polar surface area (TPSA) is 70.9 Å². The molecule has 0 saturated carbocycles. The summed E-state index contributed by atoms with van der Waals surface area (Å²) in [5, 5.41) is 4.46. The van der Waals surface area contributed by atoms with Crippen molar-refractivity contribution in [2.45, 2.75) is 33.7 Å². The van der Waals surface area contributed by atoms with Gasteiger partial charge in [-0.2, -0.15) is 5.10 Å². The van der Waals surface area contributed by atoms with E-state index in [0.29, 0.717) is 25.0 Å². The molecule has 0 aromatic carbocycles. The number of hydrogen-bond acceptors (Lipinski definition) is 4. The SMILES string of the molecule is CCc1nn(C)c2c1nc(N)n2CCOCC(C)C. The van der Waals surface area contributed by atoms with Crippen LogP contribution in [0.1, 0.15) is 26.5 Å². The van der Waals surface area contributed by atoms with Crippen LogP contribution < -0.4 is 5.73 Å². The summed E-state index contributed by atoms with van der Waals surface area (Å²) in [4.78, 5) is 4.42. The number of ether oxygens (including phenoxy) is 1. The predicted molar refractivity (Wildman–Crippen MR) is 75.9 cm³/mol. The van der Waals surface area contributed by atoms with Crippen LogP contribution in [-0.2, 0) is 24.8 Å². The maximum absolute atomic E-state index is 5.99. The Bertz CT molecular complexity index is 555. The maximum Gasteiger partial charge on any atom is 0.202 e. The minimum Gasteiger partial charge on any atom is -0.379 e. The van der Waals surface area contributed by atoms with Gasteiger partial charge < -0.3 is 10.5 Å². The van der Waals surface area contributed by atoms with Crippen molar-refractivity contribution in [3.05, 3.63) is 5.69 Å². The number of anilines is 1. The molecular formula is C13H23N5O. The molecule has 106 valence electrons. The van der Waals surface area contributed by atoms with Crippen LogP contribution in [0.3, 0.4) is 0 Å². The van der Waals surface area contributed by atoms with Gasteiger partial charge in [0.1, 0.15) is 5.52 Å². The fraction of sp³-hybridized carbons (Fsp3) is 0.692. The number of fused-ring (bicyclic) bond motifs is 1. The molecule has 2 aromatic heterocycles. The standard InChI is InChI=1S/C13H23N5O/c1-5-10-11-12(17(4)16-10)18(13(14)15-11)6-7-19-8-9(2)3/h9H,5-8H2,1-4H3,(H2,14,15). The van der Waals surface area contributed by atoms with Gasteiger partial charge in [-0.1, -0.05) is 20.8 Å². The lowest BCUT2D eigenvalue weighted by molar-refractivity contribution is 0.104. The third kappa shape index (κ3) is 2.73. The van der Waals surface area contributed by atoms with E-state index in [2.05, 4.69) is 30.9 Å². The Hall–Kier alpha value is -1.56. The maximum atomic E-state index is 5.99. The largest absolute Gasteiger partial charge is 0.379 e. The van der Waals surface area contributed by atoms with Gasteiger partial charge in [0, 0.05) is 13.7 Å². The number of nitrogens with zero attached hydrogens (tertiary/aromatic N) is 4. The highest BCUT2D eigenvalue weighted by Gasteiger charge is 2.16. The van der Waals surface area contributed by atoms with E-state index in [4.69, 9.17) is 10.5 Å². The molecule has 2 rings (SSSR count). The minimum absolute atomic E-state index is 0.533. The lowest BCUT2D eigenvalue weighted by atomic mass is 10.2. The average Bonchev–Trinajstić information content (AvgIpc) is 2.83. The van der Waals surface area contributed by atoms with E-state index in [1.54, 1.807) is 0 Å². The zero-order valence-corrected chi connectivity index (χ0v) is 12.2. The second kappa shape index (κ2) is 5.61. The second-order valence-corrected chi connectivity index (χ2v) is 5.19. The highest BCUT2D eigenvalue weighted by atomic mass is 16.5. The van der Waals surface area contributed by atoms with E-state index in [9.17, 15) is 0 Å². The summed E-state index contributed by atoms with van der Waals surface area (Å²) in [7, 11) is 1.92. The monoisotopic (exact) mass is 265 g/mol. The molecule has 2 heterocycles. The Morgan fingerprint density at radius 2 is 2.11 bits per heavy atom. The first-order valence-electron chi connectivity index (χ1n) is 6.79. The molecule has 0 radical (unpaired) electrons. The summed E-state index contributed by atoms with van der Waals surface area (Å²) in [6, 6.07) is 0. The van der Waals surface area contributed by atoms with Crippen molar-refractivity contribution in [2.24, 2.45) is 13.0 Å².